The Kier molecular flexibility index (Phi) is 4.22. The number of fused-ring (bicyclic) bond motifs is 1. The van der Waals surface area contributed by atoms with Crippen molar-refractivity contribution in [2.45, 2.75) is 32.1 Å². The molecule has 0 atom stereocenters. The first-order valence-corrected chi connectivity index (χ1v) is 9.63. The Balaban J connectivity index is 1.56. The smallest absolute Gasteiger partial charge is 0.274 e. The van der Waals surface area contributed by atoms with Crippen molar-refractivity contribution in [2.75, 3.05) is 25.9 Å². The summed E-state index contributed by atoms with van der Waals surface area (Å²) in [5, 5.41) is 7.17. The summed E-state index contributed by atoms with van der Waals surface area (Å²) in [6, 6.07) is 0. The van der Waals surface area contributed by atoms with Gasteiger partial charge in [0.25, 0.3) is 5.91 Å². The van der Waals surface area contributed by atoms with Crippen molar-refractivity contribution in [2.24, 2.45) is 5.92 Å². The summed E-state index contributed by atoms with van der Waals surface area (Å²) in [6.45, 7) is 1.78. The van der Waals surface area contributed by atoms with Crippen LogP contribution in [0.4, 0.5) is 0 Å². The Morgan fingerprint density at radius 3 is 2.77 bits per heavy atom. The fourth-order valence-electron chi connectivity index (χ4n) is 3.26. The first-order chi connectivity index (χ1) is 10.4. The van der Waals surface area contributed by atoms with Crippen LogP contribution < -0.4 is 4.72 Å². The molecular formula is C14H22N4O3S. The molecule has 1 fully saturated rings. The van der Waals surface area contributed by atoms with Crippen molar-refractivity contribution in [1.29, 1.82) is 0 Å². The summed E-state index contributed by atoms with van der Waals surface area (Å²) in [7, 11) is -3.14. The molecule has 0 aromatic carbocycles. The third-order valence-electron chi connectivity index (χ3n) is 4.54. The van der Waals surface area contributed by atoms with E-state index in [2.05, 4.69) is 14.9 Å². The molecule has 1 aliphatic carbocycles. The second-order valence-electron chi connectivity index (χ2n) is 6.24. The number of likely N-dealkylation sites (tertiary alicyclic amines) is 1. The van der Waals surface area contributed by atoms with E-state index in [1.807, 2.05) is 4.90 Å². The molecule has 2 heterocycles. The average Bonchev–Trinajstić information content (AvgIpc) is 3.07. The van der Waals surface area contributed by atoms with Gasteiger partial charge < -0.3 is 4.90 Å². The number of nitrogens with one attached hydrogen (secondary N) is 2. The summed E-state index contributed by atoms with van der Waals surface area (Å²) in [4.78, 5) is 14.4. The molecule has 8 heteroatoms. The van der Waals surface area contributed by atoms with Crippen LogP contribution in [0, 0.1) is 5.92 Å². The molecule has 0 unspecified atom stereocenters. The number of carbonyl (C=O) groups excluding carboxylic acids is 1. The lowest BCUT2D eigenvalue weighted by Gasteiger charge is -2.31. The first-order valence-electron chi connectivity index (χ1n) is 7.74. The number of H-pyrrole nitrogens is 1. The topological polar surface area (TPSA) is 95.2 Å². The third-order valence-corrected chi connectivity index (χ3v) is 5.24. The standard InChI is InChI=1S/C14H22N4O3S/c1-22(20,21)15-9-10-5-7-18(8-6-10)14(19)13-11-3-2-4-12(11)16-17-13/h10,15H,2-9H2,1H3,(H,16,17). The average molecular weight is 326 g/mol. The van der Waals surface area contributed by atoms with Gasteiger partial charge in [0.2, 0.25) is 10.0 Å². The minimum Gasteiger partial charge on any atom is -0.337 e. The maximum atomic E-state index is 12.6. The summed E-state index contributed by atoms with van der Waals surface area (Å²) in [6.07, 6.45) is 5.81. The summed E-state index contributed by atoms with van der Waals surface area (Å²) in [5.74, 6) is 0.303. The molecule has 7 nitrogen and oxygen atoms in total. The number of aryl methyl sites for hydroxylation is 1. The van der Waals surface area contributed by atoms with Gasteiger partial charge in [-0.25, -0.2) is 13.1 Å². The van der Waals surface area contributed by atoms with Gasteiger partial charge in [-0.05, 0) is 38.0 Å². The second kappa shape index (κ2) is 6.00. The second-order valence-corrected chi connectivity index (χ2v) is 8.07. The zero-order chi connectivity index (χ0) is 15.7. The van der Waals surface area contributed by atoms with Crippen LogP contribution in [0.3, 0.4) is 0 Å². The Hall–Kier alpha value is -1.41. The Morgan fingerprint density at radius 2 is 2.09 bits per heavy atom. The van der Waals surface area contributed by atoms with E-state index in [4.69, 9.17) is 0 Å². The molecule has 1 saturated heterocycles. The zero-order valence-corrected chi connectivity index (χ0v) is 13.6. The van der Waals surface area contributed by atoms with Gasteiger partial charge in [-0.3, -0.25) is 9.89 Å². The predicted molar refractivity (Wildman–Crippen MR) is 82.1 cm³/mol. The Labute approximate surface area is 130 Å². The monoisotopic (exact) mass is 326 g/mol. The molecule has 0 spiro atoms. The van der Waals surface area contributed by atoms with E-state index in [-0.39, 0.29) is 5.91 Å². The Morgan fingerprint density at radius 1 is 1.36 bits per heavy atom. The van der Waals surface area contributed by atoms with Gasteiger partial charge >= 0.3 is 0 Å². The van der Waals surface area contributed by atoms with Crippen molar-refractivity contribution in [3.05, 3.63) is 17.0 Å². The summed E-state index contributed by atoms with van der Waals surface area (Å²) in [5.41, 5.74) is 2.78. The number of hydrogen-bond donors (Lipinski definition) is 2. The highest BCUT2D eigenvalue weighted by Crippen LogP contribution is 2.25. The summed E-state index contributed by atoms with van der Waals surface area (Å²) >= 11 is 0. The molecule has 122 valence electrons. The van der Waals surface area contributed by atoms with E-state index >= 15 is 0 Å². The number of sulfonamides is 1. The quantitative estimate of drug-likeness (QED) is 0.832. The highest BCUT2D eigenvalue weighted by Gasteiger charge is 2.29. The molecule has 0 radical (unpaired) electrons. The largest absolute Gasteiger partial charge is 0.337 e. The predicted octanol–water partition coefficient (Wildman–Crippen LogP) is 0.300. The normalized spacial score (nSPS) is 19.4. The number of nitrogens with zero attached hydrogens (tertiary/aromatic N) is 2. The minimum absolute atomic E-state index is 0.00826. The number of aromatic amines is 1. The number of aromatic nitrogens is 2. The molecule has 0 bridgehead atoms. The molecule has 2 aliphatic rings. The molecule has 1 aromatic rings. The van der Waals surface area contributed by atoms with E-state index < -0.39 is 10.0 Å². The highest BCUT2D eigenvalue weighted by molar-refractivity contribution is 7.88. The zero-order valence-electron chi connectivity index (χ0n) is 12.8. The van der Waals surface area contributed by atoms with Crippen LogP contribution in [0.2, 0.25) is 0 Å². The molecule has 1 aromatic heterocycles. The molecule has 2 N–H and O–H groups in total. The van der Waals surface area contributed by atoms with Gasteiger partial charge in [-0.2, -0.15) is 5.10 Å². The first kappa shape index (κ1) is 15.5. The van der Waals surface area contributed by atoms with Crippen molar-refractivity contribution >= 4 is 15.9 Å². The third kappa shape index (κ3) is 3.33. The number of hydrogen-bond acceptors (Lipinski definition) is 4. The molecule has 1 amide bonds. The lowest BCUT2D eigenvalue weighted by molar-refractivity contribution is 0.0685. The Bertz CT molecular complexity index is 660. The van der Waals surface area contributed by atoms with Crippen molar-refractivity contribution < 1.29 is 13.2 Å². The van der Waals surface area contributed by atoms with Gasteiger partial charge in [0.1, 0.15) is 0 Å². The maximum Gasteiger partial charge on any atom is 0.274 e. The number of carbonyl (C=O) groups is 1. The fourth-order valence-corrected chi connectivity index (χ4v) is 3.79. The van der Waals surface area contributed by atoms with Gasteiger partial charge in [0.05, 0.1) is 6.26 Å². The van der Waals surface area contributed by atoms with Crippen LogP contribution in [0.25, 0.3) is 0 Å². The fraction of sp³-hybridized carbons (Fsp3) is 0.714. The number of amides is 1. The van der Waals surface area contributed by atoms with Gasteiger partial charge in [-0.15, -0.1) is 0 Å². The van der Waals surface area contributed by atoms with E-state index in [1.165, 1.54) is 6.26 Å². The van der Waals surface area contributed by atoms with Gasteiger partial charge in [-0.1, -0.05) is 0 Å². The molecule has 1 aliphatic heterocycles. The van der Waals surface area contributed by atoms with Crippen LogP contribution in [-0.4, -0.2) is 55.3 Å². The minimum atomic E-state index is -3.14. The van der Waals surface area contributed by atoms with Crippen LogP contribution in [0.5, 0.6) is 0 Å². The van der Waals surface area contributed by atoms with E-state index in [0.717, 1.165) is 43.4 Å². The van der Waals surface area contributed by atoms with Crippen molar-refractivity contribution in [3.8, 4) is 0 Å². The highest BCUT2D eigenvalue weighted by atomic mass is 32.2. The van der Waals surface area contributed by atoms with Gasteiger partial charge in [0, 0.05) is 30.9 Å². The SMILES string of the molecule is CS(=O)(=O)NCC1CCN(C(=O)c2n[nH]c3c2CCC3)CC1. The van der Waals surface area contributed by atoms with Crippen LogP contribution in [-0.2, 0) is 22.9 Å². The molecule has 3 rings (SSSR count). The number of piperidine rings is 1. The maximum absolute atomic E-state index is 12.6. The van der Waals surface area contributed by atoms with Gasteiger partial charge in [0.15, 0.2) is 5.69 Å². The number of rotatable bonds is 4. The molecular weight excluding hydrogens is 304 g/mol. The lowest BCUT2D eigenvalue weighted by Crippen LogP contribution is -2.41. The van der Waals surface area contributed by atoms with E-state index in [9.17, 15) is 13.2 Å². The van der Waals surface area contributed by atoms with Crippen molar-refractivity contribution in [3.63, 3.8) is 0 Å². The lowest BCUT2D eigenvalue weighted by atomic mass is 9.97. The van der Waals surface area contributed by atoms with Crippen LogP contribution in [0.15, 0.2) is 0 Å². The molecule has 0 saturated carbocycles. The van der Waals surface area contributed by atoms with Crippen LogP contribution in [0.1, 0.15) is 41.0 Å². The summed E-state index contributed by atoms with van der Waals surface area (Å²) < 4.78 is 24.8. The van der Waals surface area contributed by atoms with Crippen LogP contribution >= 0.6 is 0 Å². The van der Waals surface area contributed by atoms with Crippen molar-refractivity contribution in [1.82, 2.24) is 19.8 Å². The molecule has 22 heavy (non-hydrogen) atoms. The van der Waals surface area contributed by atoms with E-state index in [1.54, 1.807) is 0 Å². The van der Waals surface area contributed by atoms with E-state index in [0.29, 0.717) is 31.2 Å².